The number of rotatable bonds is 3. The quantitative estimate of drug-likeness (QED) is 0.768. The fraction of sp³-hybridized carbons (Fsp3) is 0.118. The van der Waals surface area contributed by atoms with E-state index in [4.69, 9.17) is 16.3 Å². The number of hydrogen-bond acceptors (Lipinski definition) is 3. The Morgan fingerprint density at radius 1 is 1.14 bits per heavy atom. The van der Waals surface area contributed by atoms with Gasteiger partial charge in [0, 0.05) is 11.1 Å². The number of aldehydes is 1. The molecule has 2 aromatic carbocycles. The summed E-state index contributed by atoms with van der Waals surface area (Å²) in [6.07, 6.45) is 0.857. The second-order valence-corrected chi connectivity index (χ2v) is 6.13. The molecule has 0 bridgehead atoms. The molecule has 4 heteroatoms. The van der Waals surface area contributed by atoms with Crippen molar-refractivity contribution in [3.8, 4) is 5.75 Å². The fourth-order valence-corrected chi connectivity index (χ4v) is 4.24. The third-order valence-corrected chi connectivity index (χ3v) is 5.28. The topological polar surface area (TPSA) is 26.3 Å². The van der Waals surface area contributed by atoms with Crippen LogP contribution in [0.1, 0.15) is 16.4 Å². The van der Waals surface area contributed by atoms with Gasteiger partial charge in [-0.25, -0.2) is 0 Å². The number of hydrogen-bond donors (Lipinski definition) is 0. The molecule has 1 aliphatic heterocycles. The number of methoxy groups -OCH3 is 1. The molecule has 0 spiro atoms. The van der Waals surface area contributed by atoms with Gasteiger partial charge < -0.3 is 4.74 Å². The lowest BCUT2D eigenvalue weighted by molar-refractivity contribution is -0.104. The number of carbonyl (C=O) groups excluding carboxylic acids is 1. The van der Waals surface area contributed by atoms with Crippen LogP contribution in [0.25, 0.3) is 5.03 Å². The summed E-state index contributed by atoms with van der Waals surface area (Å²) < 4.78 is 5.42. The molecule has 21 heavy (non-hydrogen) atoms. The first kappa shape index (κ1) is 14.2. The molecule has 0 aliphatic carbocycles. The Morgan fingerprint density at radius 2 is 1.90 bits per heavy atom. The first-order chi connectivity index (χ1) is 10.3. The lowest BCUT2D eigenvalue weighted by Gasteiger charge is -2.26. The number of ether oxygens (including phenoxy) is 1. The van der Waals surface area contributed by atoms with Gasteiger partial charge in [-0.15, -0.1) is 11.8 Å². The van der Waals surface area contributed by atoms with Crippen LogP contribution in [-0.4, -0.2) is 13.4 Å². The fourth-order valence-electron chi connectivity index (χ4n) is 2.41. The maximum atomic E-state index is 11.5. The van der Waals surface area contributed by atoms with Crippen LogP contribution in [0.5, 0.6) is 5.75 Å². The molecule has 2 nitrogen and oxygen atoms in total. The molecular formula is C17H13ClO2S. The predicted molar refractivity (Wildman–Crippen MR) is 86.9 cm³/mol. The summed E-state index contributed by atoms with van der Waals surface area (Å²) >= 11 is 8.07. The normalized spacial score (nSPS) is 17.3. The molecule has 0 radical (unpaired) electrons. The highest BCUT2D eigenvalue weighted by molar-refractivity contribution is 8.00. The van der Waals surface area contributed by atoms with Gasteiger partial charge in [-0.1, -0.05) is 54.1 Å². The monoisotopic (exact) mass is 316 g/mol. The molecular weight excluding hydrogens is 304 g/mol. The Hall–Kier alpha value is -1.71. The largest absolute Gasteiger partial charge is 0.496 e. The van der Waals surface area contributed by atoms with Crippen molar-refractivity contribution >= 4 is 34.7 Å². The van der Waals surface area contributed by atoms with Crippen molar-refractivity contribution < 1.29 is 9.53 Å². The summed E-state index contributed by atoms with van der Waals surface area (Å²) in [6.45, 7) is 0. The zero-order chi connectivity index (χ0) is 14.8. The van der Waals surface area contributed by atoms with E-state index in [-0.39, 0.29) is 5.25 Å². The molecule has 1 aliphatic rings. The van der Waals surface area contributed by atoms with Crippen molar-refractivity contribution in [1.29, 1.82) is 0 Å². The van der Waals surface area contributed by atoms with Gasteiger partial charge >= 0.3 is 0 Å². The average Bonchev–Trinajstić information content (AvgIpc) is 2.55. The second kappa shape index (κ2) is 5.96. The second-order valence-electron chi connectivity index (χ2n) is 4.63. The van der Waals surface area contributed by atoms with E-state index in [0.717, 1.165) is 28.1 Å². The van der Waals surface area contributed by atoms with E-state index in [9.17, 15) is 4.79 Å². The van der Waals surface area contributed by atoms with Crippen molar-refractivity contribution in [1.82, 2.24) is 0 Å². The van der Waals surface area contributed by atoms with E-state index >= 15 is 0 Å². The van der Waals surface area contributed by atoms with Gasteiger partial charge in [0.05, 0.1) is 22.3 Å². The minimum Gasteiger partial charge on any atom is -0.496 e. The molecule has 0 saturated carbocycles. The summed E-state index contributed by atoms with van der Waals surface area (Å²) in [7, 11) is 1.64. The highest BCUT2D eigenvalue weighted by atomic mass is 35.5. The van der Waals surface area contributed by atoms with Crippen molar-refractivity contribution in [3.63, 3.8) is 0 Å². The summed E-state index contributed by atoms with van der Waals surface area (Å²) in [5, 5.41) is 0.395. The molecule has 0 saturated heterocycles. The molecule has 1 heterocycles. The highest BCUT2D eigenvalue weighted by Crippen LogP contribution is 2.53. The summed E-state index contributed by atoms with van der Waals surface area (Å²) in [4.78, 5) is 12.5. The van der Waals surface area contributed by atoms with E-state index in [1.54, 1.807) is 18.9 Å². The van der Waals surface area contributed by atoms with E-state index in [1.807, 2.05) is 48.5 Å². The molecule has 0 aromatic heterocycles. The van der Waals surface area contributed by atoms with E-state index in [2.05, 4.69) is 0 Å². The Balaban J connectivity index is 2.18. The van der Waals surface area contributed by atoms with Crippen LogP contribution in [0.15, 0.2) is 59.0 Å². The third-order valence-electron chi connectivity index (χ3n) is 3.44. The van der Waals surface area contributed by atoms with Crippen LogP contribution in [0.2, 0.25) is 0 Å². The molecule has 0 amide bonds. The van der Waals surface area contributed by atoms with Crippen LogP contribution in [-0.2, 0) is 4.79 Å². The maximum absolute atomic E-state index is 11.5. The first-order valence-corrected chi connectivity index (χ1v) is 7.76. The Morgan fingerprint density at radius 3 is 2.57 bits per heavy atom. The molecule has 106 valence electrons. The van der Waals surface area contributed by atoms with Gasteiger partial charge in [0.15, 0.2) is 0 Å². The summed E-state index contributed by atoms with van der Waals surface area (Å²) in [5.74, 6) is 0.779. The van der Waals surface area contributed by atoms with Gasteiger partial charge in [-0.2, -0.15) is 0 Å². The minimum absolute atomic E-state index is 0.111. The molecule has 0 fully saturated rings. The Labute approximate surface area is 132 Å². The SMILES string of the molecule is COc1cccc2c1SC(c1ccccc1)C(C=O)=C2Cl. The van der Waals surface area contributed by atoms with Crippen molar-refractivity contribution in [2.24, 2.45) is 0 Å². The third kappa shape index (κ3) is 2.47. The van der Waals surface area contributed by atoms with Gasteiger partial charge in [0.25, 0.3) is 0 Å². The van der Waals surface area contributed by atoms with Crippen LogP contribution in [0, 0.1) is 0 Å². The standard InChI is InChI=1S/C17H13ClO2S/c1-20-14-9-5-8-12-15(18)13(10-19)16(21-17(12)14)11-6-3-2-4-7-11/h2-10,16H,1H3. The zero-order valence-corrected chi connectivity index (χ0v) is 12.9. The Kier molecular flexibility index (Phi) is 4.04. The van der Waals surface area contributed by atoms with Crippen molar-refractivity contribution in [3.05, 3.63) is 65.2 Å². The minimum atomic E-state index is -0.111. The summed E-state index contributed by atoms with van der Waals surface area (Å²) in [6, 6.07) is 15.6. The van der Waals surface area contributed by atoms with Crippen LogP contribution in [0.3, 0.4) is 0 Å². The smallest absolute Gasteiger partial charge is 0.149 e. The lowest BCUT2D eigenvalue weighted by Crippen LogP contribution is -2.08. The van der Waals surface area contributed by atoms with Crippen molar-refractivity contribution in [2.75, 3.05) is 7.11 Å². The van der Waals surface area contributed by atoms with Gasteiger partial charge in [0.1, 0.15) is 12.0 Å². The Bertz CT molecular complexity index is 710. The van der Waals surface area contributed by atoms with Crippen LogP contribution < -0.4 is 4.74 Å². The molecule has 1 unspecified atom stereocenters. The first-order valence-electron chi connectivity index (χ1n) is 6.50. The molecule has 1 atom stereocenters. The van der Waals surface area contributed by atoms with E-state index in [1.165, 1.54) is 0 Å². The van der Waals surface area contributed by atoms with Crippen LogP contribution >= 0.6 is 23.4 Å². The predicted octanol–water partition coefficient (Wildman–Crippen LogP) is 4.69. The lowest BCUT2D eigenvalue weighted by atomic mass is 10.0. The van der Waals surface area contributed by atoms with Crippen LogP contribution in [0.4, 0.5) is 0 Å². The highest BCUT2D eigenvalue weighted by Gasteiger charge is 2.30. The van der Waals surface area contributed by atoms with Gasteiger partial charge in [-0.3, -0.25) is 4.79 Å². The van der Waals surface area contributed by atoms with Gasteiger partial charge in [0.2, 0.25) is 0 Å². The van der Waals surface area contributed by atoms with E-state index in [0.29, 0.717) is 10.6 Å². The number of carbonyl (C=O) groups is 1. The van der Waals surface area contributed by atoms with Crippen molar-refractivity contribution in [2.45, 2.75) is 10.1 Å². The number of halogens is 1. The molecule has 2 aromatic rings. The number of thioether (sulfide) groups is 1. The molecule has 0 N–H and O–H groups in total. The molecule has 3 rings (SSSR count). The average molecular weight is 317 g/mol. The number of benzene rings is 2. The number of fused-ring (bicyclic) bond motifs is 1. The summed E-state index contributed by atoms with van der Waals surface area (Å²) in [5.41, 5.74) is 2.52. The van der Waals surface area contributed by atoms with E-state index < -0.39 is 0 Å². The zero-order valence-electron chi connectivity index (χ0n) is 11.4. The van der Waals surface area contributed by atoms with Gasteiger partial charge in [-0.05, 0) is 11.6 Å². The maximum Gasteiger partial charge on any atom is 0.149 e.